The van der Waals surface area contributed by atoms with E-state index in [2.05, 4.69) is 15.9 Å². The summed E-state index contributed by atoms with van der Waals surface area (Å²) < 4.78 is 5.16. The van der Waals surface area contributed by atoms with E-state index in [9.17, 15) is 14.9 Å². The van der Waals surface area contributed by atoms with Gasteiger partial charge in [-0.05, 0) is 41.4 Å². The normalized spacial score (nSPS) is 9.94. The summed E-state index contributed by atoms with van der Waals surface area (Å²) in [7, 11) is 0. The van der Waals surface area contributed by atoms with Gasteiger partial charge in [-0.1, -0.05) is 0 Å². The van der Waals surface area contributed by atoms with Crippen LogP contribution in [0, 0.1) is 17.0 Å². The van der Waals surface area contributed by atoms with Crippen molar-refractivity contribution < 1.29 is 14.5 Å². The van der Waals surface area contributed by atoms with E-state index in [1.54, 1.807) is 19.9 Å². The van der Waals surface area contributed by atoms with Gasteiger partial charge in [0.05, 0.1) is 21.6 Å². The van der Waals surface area contributed by atoms with Crippen molar-refractivity contribution in [3.05, 3.63) is 37.8 Å². The van der Waals surface area contributed by atoms with Gasteiger partial charge < -0.3 is 4.74 Å². The molecule has 0 heterocycles. The van der Waals surface area contributed by atoms with Crippen LogP contribution in [0.2, 0.25) is 0 Å². The summed E-state index contributed by atoms with van der Waals surface area (Å²) >= 11 is 3.11. The molecule has 0 aliphatic rings. The number of halogens is 1. The SMILES string of the molecule is CCOC(=O)c1cc(C)c(Br)c([N+](=O)[O-])c1. The predicted molar refractivity (Wildman–Crippen MR) is 61.5 cm³/mol. The molecule has 0 amide bonds. The van der Waals surface area contributed by atoms with Gasteiger partial charge in [0.2, 0.25) is 0 Å². The summed E-state index contributed by atoms with van der Waals surface area (Å²) in [4.78, 5) is 21.6. The Balaban J connectivity index is 3.24. The first kappa shape index (κ1) is 12.6. The van der Waals surface area contributed by atoms with Crippen molar-refractivity contribution in [1.29, 1.82) is 0 Å². The van der Waals surface area contributed by atoms with Crippen molar-refractivity contribution in [2.45, 2.75) is 13.8 Å². The topological polar surface area (TPSA) is 69.4 Å². The van der Waals surface area contributed by atoms with Gasteiger partial charge in [0, 0.05) is 6.07 Å². The molecule has 0 saturated heterocycles. The van der Waals surface area contributed by atoms with Crippen molar-refractivity contribution in [2.24, 2.45) is 0 Å². The highest BCUT2D eigenvalue weighted by molar-refractivity contribution is 9.10. The van der Waals surface area contributed by atoms with Crippen LogP contribution >= 0.6 is 15.9 Å². The second kappa shape index (κ2) is 5.07. The molecular formula is C10H10BrNO4. The number of carbonyl (C=O) groups is 1. The van der Waals surface area contributed by atoms with Gasteiger partial charge in [-0.15, -0.1) is 0 Å². The lowest BCUT2D eigenvalue weighted by atomic mass is 10.1. The van der Waals surface area contributed by atoms with Crippen molar-refractivity contribution in [2.75, 3.05) is 6.61 Å². The van der Waals surface area contributed by atoms with E-state index in [1.807, 2.05) is 0 Å². The summed E-state index contributed by atoms with van der Waals surface area (Å²) in [6.45, 7) is 3.60. The molecule has 1 rings (SSSR count). The Morgan fingerprint density at radius 2 is 2.19 bits per heavy atom. The fraction of sp³-hybridized carbons (Fsp3) is 0.300. The zero-order valence-corrected chi connectivity index (χ0v) is 10.4. The quantitative estimate of drug-likeness (QED) is 0.487. The lowest BCUT2D eigenvalue weighted by Gasteiger charge is -2.05. The number of nitro benzene ring substituents is 1. The predicted octanol–water partition coefficient (Wildman–Crippen LogP) is 2.84. The van der Waals surface area contributed by atoms with Gasteiger partial charge in [0.1, 0.15) is 0 Å². The minimum Gasteiger partial charge on any atom is -0.462 e. The summed E-state index contributed by atoms with van der Waals surface area (Å²) in [5.41, 5.74) is 0.676. The molecular weight excluding hydrogens is 278 g/mol. The molecule has 0 N–H and O–H groups in total. The maximum Gasteiger partial charge on any atom is 0.338 e. The third-order valence-corrected chi connectivity index (χ3v) is 2.97. The fourth-order valence-corrected chi connectivity index (χ4v) is 1.59. The third-order valence-electron chi connectivity index (χ3n) is 1.94. The monoisotopic (exact) mass is 287 g/mol. The van der Waals surface area contributed by atoms with E-state index < -0.39 is 10.9 Å². The summed E-state index contributed by atoms with van der Waals surface area (Å²) in [6, 6.07) is 2.75. The van der Waals surface area contributed by atoms with Crippen LogP contribution in [-0.4, -0.2) is 17.5 Å². The summed E-state index contributed by atoms with van der Waals surface area (Å²) in [5.74, 6) is -0.554. The van der Waals surface area contributed by atoms with Crippen LogP contribution in [0.1, 0.15) is 22.8 Å². The molecule has 5 nitrogen and oxygen atoms in total. The standard InChI is InChI=1S/C10H10BrNO4/c1-3-16-10(13)7-4-6(2)9(11)8(5-7)12(14)15/h4-5H,3H2,1-2H3. The molecule has 0 aliphatic carbocycles. The van der Waals surface area contributed by atoms with Crippen LogP contribution in [0.15, 0.2) is 16.6 Å². The smallest absolute Gasteiger partial charge is 0.338 e. The van der Waals surface area contributed by atoms with Crippen LogP contribution in [0.3, 0.4) is 0 Å². The molecule has 0 saturated carbocycles. The number of rotatable bonds is 3. The molecule has 1 aromatic rings. The zero-order chi connectivity index (χ0) is 12.3. The Morgan fingerprint density at radius 3 is 2.69 bits per heavy atom. The Labute approximate surface area is 101 Å². The van der Waals surface area contributed by atoms with Gasteiger partial charge in [-0.25, -0.2) is 4.79 Å². The molecule has 6 heteroatoms. The number of nitrogens with zero attached hydrogens (tertiary/aromatic N) is 1. The maximum absolute atomic E-state index is 11.4. The first-order valence-electron chi connectivity index (χ1n) is 4.59. The number of benzene rings is 1. The number of aryl methyl sites for hydroxylation is 1. The van der Waals surface area contributed by atoms with Crippen LogP contribution < -0.4 is 0 Å². The van der Waals surface area contributed by atoms with E-state index in [1.165, 1.54) is 6.07 Å². The second-order valence-electron chi connectivity index (χ2n) is 3.10. The van der Waals surface area contributed by atoms with E-state index in [-0.39, 0.29) is 17.9 Å². The third kappa shape index (κ3) is 2.57. The highest BCUT2D eigenvalue weighted by Gasteiger charge is 2.19. The average Bonchev–Trinajstić information content (AvgIpc) is 2.21. The number of esters is 1. The molecule has 16 heavy (non-hydrogen) atoms. The molecule has 0 aromatic heterocycles. The van der Waals surface area contributed by atoms with Crippen molar-refractivity contribution >= 4 is 27.6 Å². The zero-order valence-electron chi connectivity index (χ0n) is 8.82. The Hall–Kier alpha value is -1.43. The Kier molecular flexibility index (Phi) is 4.00. The number of hydrogen-bond donors (Lipinski definition) is 0. The minimum absolute atomic E-state index is 0.136. The maximum atomic E-state index is 11.4. The van der Waals surface area contributed by atoms with E-state index in [0.717, 1.165) is 0 Å². The molecule has 0 radical (unpaired) electrons. The highest BCUT2D eigenvalue weighted by atomic mass is 79.9. The lowest BCUT2D eigenvalue weighted by Crippen LogP contribution is -2.06. The summed E-state index contributed by atoms with van der Waals surface area (Å²) in [6.07, 6.45) is 0. The molecule has 0 bridgehead atoms. The van der Waals surface area contributed by atoms with Gasteiger partial charge in [-0.2, -0.15) is 0 Å². The van der Waals surface area contributed by atoms with Crippen LogP contribution in [0.25, 0.3) is 0 Å². The number of carbonyl (C=O) groups excluding carboxylic acids is 1. The molecule has 0 atom stereocenters. The van der Waals surface area contributed by atoms with E-state index >= 15 is 0 Å². The van der Waals surface area contributed by atoms with E-state index in [0.29, 0.717) is 10.0 Å². The van der Waals surface area contributed by atoms with Crippen LogP contribution in [-0.2, 0) is 4.74 Å². The van der Waals surface area contributed by atoms with Crippen molar-refractivity contribution in [3.63, 3.8) is 0 Å². The Morgan fingerprint density at radius 1 is 1.56 bits per heavy atom. The first-order chi connectivity index (χ1) is 7.47. The van der Waals surface area contributed by atoms with Crippen LogP contribution in [0.4, 0.5) is 5.69 Å². The largest absolute Gasteiger partial charge is 0.462 e. The second-order valence-corrected chi connectivity index (χ2v) is 3.90. The Bertz CT molecular complexity index is 445. The van der Waals surface area contributed by atoms with Gasteiger partial charge >= 0.3 is 5.97 Å². The minimum atomic E-state index is -0.554. The van der Waals surface area contributed by atoms with Crippen molar-refractivity contribution in [3.8, 4) is 0 Å². The lowest BCUT2D eigenvalue weighted by molar-refractivity contribution is -0.385. The molecule has 0 aliphatic heterocycles. The van der Waals surface area contributed by atoms with Crippen molar-refractivity contribution in [1.82, 2.24) is 0 Å². The number of ether oxygens (including phenoxy) is 1. The summed E-state index contributed by atoms with van der Waals surface area (Å²) in [5, 5.41) is 10.7. The van der Waals surface area contributed by atoms with Gasteiger partial charge in [0.25, 0.3) is 5.69 Å². The molecule has 0 spiro atoms. The fourth-order valence-electron chi connectivity index (χ4n) is 1.22. The highest BCUT2D eigenvalue weighted by Crippen LogP contribution is 2.29. The molecule has 86 valence electrons. The van der Waals surface area contributed by atoms with Gasteiger partial charge in [-0.3, -0.25) is 10.1 Å². The van der Waals surface area contributed by atoms with Gasteiger partial charge in [0.15, 0.2) is 0 Å². The molecule has 1 aromatic carbocycles. The molecule has 0 fully saturated rings. The number of nitro groups is 1. The average molecular weight is 288 g/mol. The number of hydrogen-bond acceptors (Lipinski definition) is 4. The molecule has 0 unspecified atom stereocenters. The van der Waals surface area contributed by atoms with E-state index in [4.69, 9.17) is 4.74 Å². The first-order valence-corrected chi connectivity index (χ1v) is 5.38. The van der Waals surface area contributed by atoms with Crippen LogP contribution in [0.5, 0.6) is 0 Å².